The molecule has 0 atom stereocenters. The molecular weight excluding hydrogens is 235 g/mol. The smallest absolute Gasteiger partial charge is 0.143 e. The van der Waals surface area contributed by atoms with Gasteiger partial charge >= 0.3 is 0 Å². The second kappa shape index (κ2) is 7.49. The van der Waals surface area contributed by atoms with Crippen LogP contribution in [-0.2, 0) is 4.79 Å². The maximum Gasteiger partial charge on any atom is 0.143 e. The molecule has 0 bridgehead atoms. The van der Waals surface area contributed by atoms with Crippen molar-refractivity contribution in [2.75, 3.05) is 5.75 Å². The van der Waals surface area contributed by atoms with Crippen LogP contribution in [0.1, 0.15) is 33.1 Å². The standard InChI is InChI=1S/C14H19FOS/c1-3-11(4-2)9-13(16)10-17-14-7-5-12(15)6-8-14/h5-8,11H,3-4,9-10H2,1-2H3. The molecule has 0 heterocycles. The summed E-state index contributed by atoms with van der Waals surface area (Å²) in [5.74, 6) is 1.05. The Kier molecular flexibility index (Phi) is 6.27. The van der Waals surface area contributed by atoms with Crippen LogP contribution < -0.4 is 0 Å². The van der Waals surface area contributed by atoms with Crippen molar-refractivity contribution in [3.63, 3.8) is 0 Å². The van der Waals surface area contributed by atoms with E-state index in [1.54, 1.807) is 12.1 Å². The van der Waals surface area contributed by atoms with E-state index < -0.39 is 0 Å². The van der Waals surface area contributed by atoms with Crippen molar-refractivity contribution in [1.29, 1.82) is 0 Å². The van der Waals surface area contributed by atoms with Crippen LogP contribution in [0.15, 0.2) is 29.2 Å². The highest BCUT2D eigenvalue weighted by molar-refractivity contribution is 8.00. The lowest BCUT2D eigenvalue weighted by Gasteiger charge is -2.10. The average Bonchev–Trinajstić information content (AvgIpc) is 2.35. The molecule has 0 aromatic heterocycles. The van der Waals surface area contributed by atoms with Crippen molar-refractivity contribution < 1.29 is 9.18 Å². The topological polar surface area (TPSA) is 17.1 Å². The van der Waals surface area contributed by atoms with E-state index in [-0.39, 0.29) is 11.6 Å². The number of hydrogen-bond donors (Lipinski definition) is 0. The first-order valence-corrected chi connectivity index (χ1v) is 7.04. The molecule has 0 saturated heterocycles. The van der Waals surface area contributed by atoms with Gasteiger partial charge in [-0.3, -0.25) is 4.79 Å². The van der Waals surface area contributed by atoms with Gasteiger partial charge in [0, 0.05) is 11.3 Å². The summed E-state index contributed by atoms with van der Waals surface area (Å²) in [5.41, 5.74) is 0. The lowest BCUT2D eigenvalue weighted by molar-refractivity contribution is -0.117. The summed E-state index contributed by atoms with van der Waals surface area (Å²) in [6, 6.07) is 6.27. The zero-order valence-corrected chi connectivity index (χ0v) is 11.2. The number of halogens is 1. The molecule has 1 aromatic carbocycles. The lowest BCUT2D eigenvalue weighted by Crippen LogP contribution is -2.09. The summed E-state index contributed by atoms with van der Waals surface area (Å²) in [6.07, 6.45) is 2.79. The van der Waals surface area contributed by atoms with E-state index >= 15 is 0 Å². The molecule has 1 rings (SSSR count). The zero-order chi connectivity index (χ0) is 12.7. The molecule has 3 heteroatoms. The quantitative estimate of drug-likeness (QED) is 0.674. The van der Waals surface area contributed by atoms with Crippen LogP contribution in [0.25, 0.3) is 0 Å². The van der Waals surface area contributed by atoms with Crippen molar-refractivity contribution in [1.82, 2.24) is 0 Å². The molecule has 0 aliphatic rings. The fourth-order valence-corrected chi connectivity index (χ4v) is 2.43. The third kappa shape index (κ3) is 5.35. The first kappa shape index (κ1) is 14.2. The molecule has 94 valence electrons. The van der Waals surface area contributed by atoms with Gasteiger partial charge in [0.25, 0.3) is 0 Å². The van der Waals surface area contributed by atoms with E-state index in [9.17, 15) is 9.18 Å². The molecule has 17 heavy (non-hydrogen) atoms. The Bertz CT molecular complexity index is 344. The highest BCUT2D eigenvalue weighted by Gasteiger charge is 2.10. The number of carbonyl (C=O) groups excluding carboxylic acids is 1. The van der Waals surface area contributed by atoms with Crippen LogP contribution in [0.2, 0.25) is 0 Å². The minimum absolute atomic E-state index is 0.238. The predicted octanol–water partition coefficient (Wildman–Crippen LogP) is 4.31. The van der Waals surface area contributed by atoms with E-state index in [1.165, 1.54) is 23.9 Å². The summed E-state index contributed by atoms with van der Waals surface area (Å²) in [7, 11) is 0. The van der Waals surface area contributed by atoms with Crippen molar-refractivity contribution in [2.45, 2.75) is 38.0 Å². The number of thioether (sulfide) groups is 1. The number of benzene rings is 1. The Morgan fingerprint density at radius 1 is 1.24 bits per heavy atom. The highest BCUT2D eigenvalue weighted by atomic mass is 32.2. The van der Waals surface area contributed by atoms with Crippen LogP contribution in [0, 0.1) is 11.7 Å². The third-order valence-electron chi connectivity index (χ3n) is 2.88. The van der Waals surface area contributed by atoms with Gasteiger partial charge in [-0.25, -0.2) is 4.39 Å². The number of Topliss-reactive ketones (excluding diaryl/α,β-unsaturated/α-hetero) is 1. The molecular formula is C14H19FOS. The van der Waals surface area contributed by atoms with Crippen LogP contribution in [0.3, 0.4) is 0 Å². The van der Waals surface area contributed by atoms with Gasteiger partial charge in [-0.15, -0.1) is 11.8 Å². The van der Waals surface area contributed by atoms with E-state index in [4.69, 9.17) is 0 Å². The highest BCUT2D eigenvalue weighted by Crippen LogP contribution is 2.20. The first-order valence-electron chi connectivity index (χ1n) is 6.05. The number of rotatable bonds is 7. The summed E-state index contributed by atoms with van der Waals surface area (Å²) >= 11 is 1.48. The maximum absolute atomic E-state index is 12.7. The van der Waals surface area contributed by atoms with Crippen molar-refractivity contribution in [2.24, 2.45) is 5.92 Å². The summed E-state index contributed by atoms with van der Waals surface area (Å²) in [4.78, 5) is 12.7. The van der Waals surface area contributed by atoms with Crippen molar-refractivity contribution >= 4 is 17.5 Å². The van der Waals surface area contributed by atoms with E-state index in [0.29, 0.717) is 18.1 Å². The van der Waals surface area contributed by atoms with Crippen LogP contribution in [0.4, 0.5) is 4.39 Å². The van der Waals surface area contributed by atoms with Crippen LogP contribution in [0.5, 0.6) is 0 Å². The number of ketones is 1. The van der Waals surface area contributed by atoms with Gasteiger partial charge in [0.15, 0.2) is 0 Å². The third-order valence-corrected chi connectivity index (χ3v) is 3.96. The zero-order valence-electron chi connectivity index (χ0n) is 10.4. The van der Waals surface area contributed by atoms with E-state index in [1.807, 2.05) is 0 Å². The molecule has 0 saturated carbocycles. The Hall–Kier alpha value is -0.830. The fraction of sp³-hybridized carbons (Fsp3) is 0.500. The van der Waals surface area contributed by atoms with Gasteiger partial charge in [-0.05, 0) is 30.2 Å². The first-order chi connectivity index (χ1) is 8.15. The average molecular weight is 254 g/mol. The van der Waals surface area contributed by atoms with E-state index in [0.717, 1.165) is 17.7 Å². The van der Waals surface area contributed by atoms with Crippen molar-refractivity contribution in [3.8, 4) is 0 Å². The van der Waals surface area contributed by atoms with Crippen LogP contribution >= 0.6 is 11.8 Å². The number of hydrogen-bond acceptors (Lipinski definition) is 2. The fourth-order valence-electron chi connectivity index (χ4n) is 1.65. The van der Waals surface area contributed by atoms with Gasteiger partial charge in [-0.1, -0.05) is 26.7 Å². The van der Waals surface area contributed by atoms with Gasteiger partial charge in [0.1, 0.15) is 11.6 Å². The number of carbonyl (C=O) groups is 1. The monoisotopic (exact) mass is 254 g/mol. The molecule has 0 spiro atoms. The largest absolute Gasteiger partial charge is 0.299 e. The minimum Gasteiger partial charge on any atom is -0.299 e. The summed E-state index contributed by atoms with van der Waals surface area (Å²) < 4.78 is 12.7. The lowest BCUT2D eigenvalue weighted by atomic mass is 9.98. The van der Waals surface area contributed by atoms with Crippen molar-refractivity contribution in [3.05, 3.63) is 30.1 Å². The SMILES string of the molecule is CCC(CC)CC(=O)CSc1ccc(F)cc1. The normalized spacial score (nSPS) is 10.8. The second-order valence-electron chi connectivity index (χ2n) is 4.17. The molecule has 0 unspecified atom stereocenters. The molecule has 0 amide bonds. The van der Waals surface area contributed by atoms with Gasteiger partial charge in [0.05, 0.1) is 5.75 Å². The molecule has 1 aromatic rings. The Morgan fingerprint density at radius 2 is 1.82 bits per heavy atom. The van der Waals surface area contributed by atoms with Crippen LogP contribution in [-0.4, -0.2) is 11.5 Å². The second-order valence-corrected chi connectivity index (χ2v) is 5.22. The molecule has 0 aliphatic heterocycles. The molecule has 1 nitrogen and oxygen atoms in total. The Labute approximate surface area is 107 Å². The Balaban J connectivity index is 2.35. The maximum atomic E-state index is 12.7. The van der Waals surface area contributed by atoms with E-state index in [2.05, 4.69) is 13.8 Å². The minimum atomic E-state index is -0.238. The molecule has 0 aliphatic carbocycles. The van der Waals surface area contributed by atoms with Gasteiger partial charge < -0.3 is 0 Å². The molecule has 0 radical (unpaired) electrons. The van der Waals surface area contributed by atoms with Gasteiger partial charge in [-0.2, -0.15) is 0 Å². The predicted molar refractivity (Wildman–Crippen MR) is 70.8 cm³/mol. The Morgan fingerprint density at radius 3 is 2.35 bits per heavy atom. The van der Waals surface area contributed by atoms with Gasteiger partial charge in [0.2, 0.25) is 0 Å². The summed E-state index contributed by atoms with van der Waals surface area (Å²) in [6.45, 7) is 4.24. The summed E-state index contributed by atoms with van der Waals surface area (Å²) in [5, 5.41) is 0. The molecule has 0 N–H and O–H groups in total. The molecule has 0 fully saturated rings.